The monoisotopic (exact) mass is 471 g/mol. The predicted molar refractivity (Wildman–Crippen MR) is 135 cm³/mol. The fourth-order valence-corrected chi connectivity index (χ4v) is 5.17. The van der Waals surface area contributed by atoms with Gasteiger partial charge in [0.15, 0.2) is 0 Å². The lowest BCUT2D eigenvalue weighted by Crippen LogP contribution is -2.34. The van der Waals surface area contributed by atoms with E-state index in [1.54, 1.807) is 12.4 Å². The Kier molecular flexibility index (Phi) is 8.82. The molecule has 4 rings (SSSR count). The fourth-order valence-electron chi connectivity index (χ4n) is 5.07. The van der Waals surface area contributed by atoms with Gasteiger partial charge in [0.05, 0.1) is 24.0 Å². The number of piperidine rings is 1. The number of benzene rings is 1. The molecule has 2 saturated heterocycles. The van der Waals surface area contributed by atoms with E-state index in [1.165, 1.54) is 48.8 Å². The number of hydrogen-bond donors (Lipinski definition) is 2. The Morgan fingerprint density at radius 1 is 1.12 bits per heavy atom. The van der Waals surface area contributed by atoms with E-state index in [2.05, 4.69) is 51.5 Å². The van der Waals surface area contributed by atoms with Crippen LogP contribution < -0.4 is 20.3 Å². The third kappa shape index (κ3) is 7.05. The lowest BCUT2D eigenvalue weighted by Gasteiger charge is -2.32. The van der Waals surface area contributed by atoms with Crippen LogP contribution in [0, 0.1) is 19.8 Å². The predicted octanol–water partition coefficient (Wildman–Crippen LogP) is 4.66. The second kappa shape index (κ2) is 12.0. The highest BCUT2D eigenvalue weighted by atomic mass is 35.5. The molecule has 0 spiro atoms. The van der Waals surface area contributed by atoms with Crippen LogP contribution in [-0.2, 0) is 6.54 Å². The van der Waals surface area contributed by atoms with Crippen molar-refractivity contribution in [1.82, 2.24) is 20.6 Å². The van der Waals surface area contributed by atoms with Gasteiger partial charge in [0.2, 0.25) is 5.95 Å². The van der Waals surface area contributed by atoms with E-state index in [9.17, 15) is 0 Å². The Morgan fingerprint density at radius 3 is 2.52 bits per heavy atom. The maximum Gasteiger partial charge on any atom is 0.225 e. The smallest absolute Gasteiger partial charge is 0.225 e. The first kappa shape index (κ1) is 24.2. The molecule has 1 aromatic carbocycles. The minimum Gasteiger partial charge on any atom is -0.494 e. The molecule has 2 fully saturated rings. The van der Waals surface area contributed by atoms with Crippen molar-refractivity contribution in [2.45, 2.75) is 65.0 Å². The van der Waals surface area contributed by atoms with Gasteiger partial charge in [-0.05, 0) is 93.7 Å². The molecule has 6 nitrogen and oxygen atoms in total. The zero-order chi connectivity index (χ0) is 23.0. The number of hydrogen-bond acceptors (Lipinski definition) is 6. The Morgan fingerprint density at radius 2 is 1.85 bits per heavy atom. The fraction of sp³-hybridized carbons (Fsp3) is 0.615. The Hall–Kier alpha value is -1.89. The Bertz CT molecular complexity index is 854. The zero-order valence-electron chi connectivity index (χ0n) is 20.1. The minimum absolute atomic E-state index is 0.585. The number of nitrogens with zero attached hydrogens (tertiary/aromatic N) is 3. The quantitative estimate of drug-likeness (QED) is 0.491. The number of nitrogens with one attached hydrogen (secondary N) is 2. The molecule has 1 aromatic heterocycles. The summed E-state index contributed by atoms with van der Waals surface area (Å²) >= 11 is 5.90. The van der Waals surface area contributed by atoms with Gasteiger partial charge < -0.3 is 20.3 Å². The van der Waals surface area contributed by atoms with Crippen molar-refractivity contribution in [3.8, 4) is 5.75 Å². The molecule has 0 bridgehead atoms. The van der Waals surface area contributed by atoms with Crippen LogP contribution in [-0.4, -0.2) is 48.8 Å². The molecule has 7 heteroatoms. The van der Waals surface area contributed by atoms with E-state index < -0.39 is 0 Å². The number of ether oxygens (including phenoxy) is 1. The van der Waals surface area contributed by atoms with Crippen LogP contribution >= 0.6 is 11.6 Å². The molecule has 0 aliphatic carbocycles. The van der Waals surface area contributed by atoms with Crippen molar-refractivity contribution in [2.24, 2.45) is 5.92 Å². The maximum absolute atomic E-state index is 6.13. The Balaban J connectivity index is 1.15. The third-order valence-corrected chi connectivity index (χ3v) is 7.25. The third-order valence-electron chi connectivity index (χ3n) is 7.05. The normalized spacial score (nSPS) is 19.2. The van der Waals surface area contributed by atoms with E-state index in [0.29, 0.717) is 11.1 Å². The maximum atomic E-state index is 6.13. The van der Waals surface area contributed by atoms with E-state index in [4.69, 9.17) is 16.3 Å². The molecule has 33 heavy (non-hydrogen) atoms. The van der Waals surface area contributed by atoms with Crippen molar-refractivity contribution in [1.29, 1.82) is 0 Å². The summed E-state index contributed by atoms with van der Waals surface area (Å²) in [6.07, 6.45) is 10.6. The standard InChI is InChI=1S/C26H38ClN5O/c1-19-13-24(14-20(2)25(19)18-28-17-23-6-3-9-29-23)33-12-4-5-21-7-10-32(11-8-21)26-30-15-22(27)16-31-26/h13-16,21,23,28-29H,3-12,17-18H2,1-2H3. The first-order valence-corrected chi connectivity index (χ1v) is 12.9. The van der Waals surface area contributed by atoms with Crippen LogP contribution in [0.3, 0.4) is 0 Å². The summed E-state index contributed by atoms with van der Waals surface area (Å²) < 4.78 is 6.13. The SMILES string of the molecule is Cc1cc(OCCCC2CCN(c3ncc(Cl)cn3)CC2)cc(C)c1CNCC1CCCN1. The molecular weight excluding hydrogens is 434 g/mol. The second-order valence-electron chi connectivity index (χ2n) is 9.58. The van der Waals surface area contributed by atoms with E-state index in [1.807, 2.05) is 0 Å². The number of aryl methyl sites for hydroxylation is 2. The van der Waals surface area contributed by atoms with Gasteiger partial charge in [0.1, 0.15) is 5.75 Å². The van der Waals surface area contributed by atoms with Crippen LogP contribution in [0.1, 0.15) is 55.2 Å². The van der Waals surface area contributed by atoms with Crippen molar-refractivity contribution < 1.29 is 4.74 Å². The summed E-state index contributed by atoms with van der Waals surface area (Å²) in [6, 6.07) is 5.02. The van der Waals surface area contributed by atoms with Crippen LogP contribution in [0.5, 0.6) is 5.75 Å². The molecule has 180 valence electrons. The summed E-state index contributed by atoms with van der Waals surface area (Å²) in [5.74, 6) is 2.55. The summed E-state index contributed by atoms with van der Waals surface area (Å²) in [7, 11) is 0. The topological polar surface area (TPSA) is 62.3 Å². The molecule has 2 aliphatic rings. The van der Waals surface area contributed by atoms with E-state index in [-0.39, 0.29) is 0 Å². The highest BCUT2D eigenvalue weighted by Crippen LogP contribution is 2.26. The molecular formula is C26H38ClN5O. The highest BCUT2D eigenvalue weighted by molar-refractivity contribution is 6.30. The lowest BCUT2D eigenvalue weighted by molar-refractivity contribution is 0.278. The molecule has 1 unspecified atom stereocenters. The van der Waals surface area contributed by atoms with Crippen molar-refractivity contribution in [3.05, 3.63) is 46.2 Å². The molecule has 2 aromatic rings. The van der Waals surface area contributed by atoms with Crippen LogP contribution in [0.4, 0.5) is 5.95 Å². The first-order chi connectivity index (χ1) is 16.1. The average molecular weight is 472 g/mol. The van der Waals surface area contributed by atoms with Gasteiger partial charge in [-0.15, -0.1) is 0 Å². The molecule has 1 atom stereocenters. The van der Waals surface area contributed by atoms with Crippen molar-refractivity contribution >= 4 is 17.5 Å². The van der Waals surface area contributed by atoms with Gasteiger partial charge in [-0.3, -0.25) is 0 Å². The minimum atomic E-state index is 0.585. The number of halogens is 1. The van der Waals surface area contributed by atoms with E-state index in [0.717, 1.165) is 63.4 Å². The first-order valence-electron chi connectivity index (χ1n) is 12.5. The largest absolute Gasteiger partial charge is 0.494 e. The number of rotatable bonds is 10. The van der Waals surface area contributed by atoms with Gasteiger partial charge in [-0.1, -0.05) is 11.6 Å². The van der Waals surface area contributed by atoms with Gasteiger partial charge in [0, 0.05) is 32.2 Å². The molecule has 0 radical (unpaired) electrons. The molecule has 2 aliphatic heterocycles. The second-order valence-corrected chi connectivity index (χ2v) is 10.0. The summed E-state index contributed by atoms with van der Waals surface area (Å²) in [4.78, 5) is 11.0. The molecule has 2 N–H and O–H groups in total. The lowest BCUT2D eigenvalue weighted by atomic mass is 9.92. The highest BCUT2D eigenvalue weighted by Gasteiger charge is 2.20. The van der Waals surface area contributed by atoms with Crippen molar-refractivity contribution in [2.75, 3.05) is 37.7 Å². The van der Waals surface area contributed by atoms with Gasteiger partial charge >= 0.3 is 0 Å². The number of aromatic nitrogens is 2. The van der Waals surface area contributed by atoms with E-state index >= 15 is 0 Å². The molecule has 0 saturated carbocycles. The summed E-state index contributed by atoms with van der Waals surface area (Å²) in [6.45, 7) is 10.3. The zero-order valence-corrected chi connectivity index (χ0v) is 20.8. The molecule has 0 amide bonds. The average Bonchev–Trinajstić information content (AvgIpc) is 3.33. The molecule has 3 heterocycles. The van der Waals surface area contributed by atoms with Crippen LogP contribution in [0.15, 0.2) is 24.5 Å². The van der Waals surface area contributed by atoms with Crippen molar-refractivity contribution in [3.63, 3.8) is 0 Å². The van der Waals surface area contributed by atoms with Gasteiger partial charge in [-0.2, -0.15) is 0 Å². The van der Waals surface area contributed by atoms with Gasteiger partial charge in [-0.25, -0.2) is 9.97 Å². The van der Waals surface area contributed by atoms with Crippen LogP contribution in [0.2, 0.25) is 5.02 Å². The van der Waals surface area contributed by atoms with Crippen LogP contribution in [0.25, 0.3) is 0 Å². The Labute approximate surface area is 203 Å². The summed E-state index contributed by atoms with van der Waals surface area (Å²) in [5, 5.41) is 7.76. The van der Waals surface area contributed by atoms with Gasteiger partial charge in [0.25, 0.3) is 0 Å². The summed E-state index contributed by atoms with van der Waals surface area (Å²) in [5.41, 5.74) is 4.03. The number of anilines is 1.